The van der Waals surface area contributed by atoms with Crippen LogP contribution >= 0.6 is 15.9 Å². The number of fused-ring (bicyclic) bond motifs is 1. The van der Waals surface area contributed by atoms with E-state index in [1.807, 2.05) is 36.5 Å². The van der Waals surface area contributed by atoms with Crippen LogP contribution in [0.1, 0.15) is 28.5 Å². The predicted octanol–water partition coefficient (Wildman–Crippen LogP) is 3.86. The van der Waals surface area contributed by atoms with Crippen molar-refractivity contribution < 1.29 is 9.53 Å². The monoisotopic (exact) mass is 358 g/mol. The molecule has 0 fully saturated rings. The highest BCUT2D eigenvalue weighted by Crippen LogP contribution is 2.19. The molecule has 0 aliphatic carbocycles. The summed E-state index contributed by atoms with van der Waals surface area (Å²) < 4.78 is 7.82. The van der Waals surface area contributed by atoms with Crippen LogP contribution in [0.5, 0.6) is 0 Å². The first kappa shape index (κ1) is 14.8. The molecule has 0 radical (unpaired) electrons. The lowest BCUT2D eigenvalue weighted by Gasteiger charge is -2.08. The summed E-state index contributed by atoms with van der Waals surface area (Å²) in [6, 6.07) is 13.9. The molecule has 0 spiro atoms. The third-order valence-corrected chi connectivity index (χ3v) is 3.90. The van der Waals surface area contributed by atoms with Gasteiger partial charge in [-0.2, -0.15) is 5.10 Å². The molecule has 0 aliphatic rings. The van der Waals surface area contributed by atoms with Gasteiger partial charge < -0.3 is 4.74 Å². The lowest BCUT2D eigenvalue weighted by atomic mass is 10.0. The van der Waals surface area contributed by atoms with Gasteiger partial charge in [0.2, 0.25) is 0 Å². The Labute approximate surface area is 136 Å². The van der Waals surface area contributed by atoms with Gasteiger partial charge in [-0.1, -0.05) is 28.1 Å². The van der Waals surface area contributed by atoms with Crippen molar-refractivity contribution in [2.75, 3.05) is 6.61 Å². The number of hydrogen-bond donors (Lipinski definition) is 0. The zero-order chi connectivity index (χ0) is 15.5. The summed E-state index contributed by atoms with van der Waals surface area (Å²) in [5.74, 6) is -0.393. The summed E-state index contributed by atoms with van der Waals surface area (Å²) in [5, 5.41) is 4.30. The van der Waals surface area contributed by atoms with Crippen molar-refractivity contribution in [2.45, 2.75) is 13.3 Å². The first-order valence-electron chi connectivity index (χ1n) is 7.06. The SMILES string of the molecule is CCOC(=O)c1cc(Cc2ccc(Br)cc2)c2cccn2n1. The number of esters is 1. The van der Waals surface area contributed by atoms with Crippen LogP contribution < -0.4 is 0 Å². The fourth-order valence-electron chi connectivity index (χ4n) is 2.37. The summed E-state index contributed by atoms with van der Waals surface area (Å²) in [4.78, 5) is 12.0. The fraction of sp³-hybridized carbons (Fsp3) is 0.176. The largest absolute Gasteiger partial charge is 0.461 e. The van der Waals surface area contributed by atoms with E-state index in [2.05, 4.69) is 33.2 Å². The van der Waals surface area contributed by atoms with E-state index in [4.69, 9.17) is 4.74 Å². The van der Waals surface area contributed by atoms with Gasteiger partial charge in [-0.3, -0.25) is 0 Å². The van der Waals surface area contributed by atoms with Crippen LogP contribution in [0.25, 0.3) is 5.52 Å². The molecule has 4 nitrogen and oxygen atoms in total. The number of hydrogen-bond acceptors (Lipinski definition) is 3. The van der Waals surface area contributed by atoms with Crippen molar-refractivity contribution >= 4 is 27.4 Å². The van der Waals surface area contributed by atoms with E-state index in [0.29, 0.717) is 12.3 Å². The topological polar surface area (TPSA) is 43.6 Å². The molecular formula is C17H15BrN2O2. The standard InChI is InChI=1S/C17H15BrN2O2/c1-2-22-17(21)15-11-13(16-4-3-9-20(16)19-15)10-12-5-7-14(18)8-6-12/h3-9,11H,2,10H2,1H3. The Morgan fingerprint density at radius 1 is 1.27 bits per heavy atom. The van der Waals surface area contributed by atoms with Crippen molar-refractivity contribution in [3.8, 4) is 0 Å². The van der Waals surface area contributed by atoms with Crippen LogP contribution in [-0.4, -0.2) is 22.2 Å². The van der Waals surface area contributed by atoms with Crippen LogP contribution in [0.15, 0.2) is 53.1 Å². The van der Waals surface area contributed by atoms with E-state index in [0.717, 1.165) is 22.0 Å². The van der Waals surface area contributed by atoms with Crippen molar-refractivity contribution in [3.05, 3.63) is 70.0 Å². The zero-order valence-corrected chi connectivity index (χ0v) is 13.7. The number of ether oxygens (including phenoxy) is 1. The number of aromatic nitrogens is 2. The van der Waals surface area contributed by atoms with Crippen LogP contribution in [-0.2, 0) is 11.2 Å². The number of benzene rings is 1. The number of halogens is 1. The lowest BCUT2D eigenvalue weighted by molar-refractivity contribution is 0.0517. The lowest BCUT2D eigenvalue weighted by Crippen LogP contribution is -2.11. The fourth-order valence-corrected chi connectivity index (χ4v) is 2.63. The van der Waals surface area contributed by atoms with E-state index in [-0.39, 0.29) is 0 Å². The van der Waals surface area contributed by atoms with E-state index in [1.54, 1.807) is 11.4 Å². The van der Waals surface area contributed by atoms with E-state index >= 15 is 0 Å². The minimum absolute atomic E-state index is 0.331. The van der Waals surface area contributed by atoms with Crippen molar-refractivity contribution in [1.82, 2.24) is 9.61 Å². The first-order chi connectivity index (χ1) is 10.7. The highest BCUT2D eigenvalue weighted by atomic mass is 79.9. The maximum atomic E-state index is 12.0. The van der Waals surface area contributed by atoms with Crippen LogP contribution in [0.4, 0.5) is 0 Å². The number of nitrogens with zero attached hydrogens (tertiary/aromatic N) is 2. The van der Waals surface area contributed by atoms with Gasteiger partial charge in [-0.15, -0.1) is 0 Å². The Morgan fingerprint density at radius 3 is 2.77 bits per heavy atom. The van der Waals surface area contributed by atoms with Crippen LogP contribution in [0.3, 0.4) is 0 Å². The number of rotatable bonds is 4. The maximum absolute atomic E-state index is 12.0. The molecular weight excluding hydrogens is 344 g/mol. The summed E-state index contributed by atoms with van der Waals surface area (Å²) in [6.07, 6.45) is 2.57. The van der Waals surface area contributed by atoms with Gasteiger partial charge in [0, 0.05) is 10.7 Å². The Bertz CT molecular complexity index is 809. The van der Waals surface area contributed by atoms with Gasteiger partial charge in [0.05, 0.1) is 12.1 Å². The molecule has 0 amide bonds. The minimum atomic E-state index is -0.393. The third-order valence-electron chi connectivity index (χ3n) is 3.38. The molecule has 5 heteroatoms. The molecule has 22 heavy (non-hydrogen) atoms. The Morgan fingerprint density at radius 2 is 2.05 bits per heavy atom. The molecule has 0 N–H and O–H groups in total. The highest BCUT2D eigenvalue weighted by molar-refractivity contribution is 9.10. The molecule has 2 aromatic heterocycles. The predicted molar refractivity (Wildman–Crippen MR) is 88.1 cm³/mol. The van der Waals surface area contributed by atoms with Gasteiger partial charge >= 0.3 is 5.97 Å². The molecule has 0 bridgehead atoms. The minimum Gasteiger partial charge on any atom is -0.461 e. The molecule has 1 aromatic carbocycles. The first-order valence-corrected chi connectivity index (χ1v) is 7.85. The average Bonchev–Trinajstić information content (AvgIpc) is 2.98. The quantitative estimate of drug-likeness (QED) is 0.665. The average molecular weight is 359 g/mol. The van der Waals surface area contributed by atoms with Crippen LogP contribution in [0, 0.1) is 0 Å². The van der Waals surface area contributed by atoms with E-state index in [1.165, 1.54) is 5.56 Å². The van der Waals surface area contributed by atoms with Crippen molar-refractivity contribution in [2.24, 2.45) is 0 Å². The van der Waals surface area contributed by atoms with E-state index < -0.39 is 5.97 Å². The Hall–Kier alpha value is -2.14. The molecule has 2 heterocycles. The smallest absolute Gasteiger partial charge is 0.358 e. The molecule has 3 aromatic rings. The van der Waals surface area contributed by atoms with Gasteiger partial charge in [0.25, 0.3) is 0 Å². The molecule has 0 saturated carbocycles. The zero-order valence-electron chi connectivity index (χ0n) is 12.1. The number of carbonyl (C=O) groups is 1. The summed E-state index contributed by atoms with van der Waals surface area (Å²) in [7, 11) is 0. The second kappa shape index (κ2) is 6.32. The van der Waals surface area contributed by atoms with Crippen LogP contribution in [0.2, 0.25) is 0 Å². The third kappa shape index (κ3) is 3.04. The maximum Gasteiger partial charge on any atom is 0.358 e. The Balaban J connectivity index is 2.01. The van der Waals surface area contributed by atoms with E-state index in [9.17, 15) is 4.79 Å². The Kier molecular flexibility index (Phi) is 4.24. The second-order valence-electron chi connectivity index (χ2n) is 4.92. The second-order valence-corrected chi connectivity index (χ2v) is 5.83. The summed E-state index contributed by atoms with van der Waals surface area (Å²) in [6.45, 7) is 2.13. The molecule has 3 rings (SSSR count). The van der Waals surface area contributed by atoms with Gasteiger partial charge in [-0.25, -0.2) is 9.31 Å². The molecule has 0 unspecified atom stereocenters. The summed E-state index contributed by atoms with van der Waals surface area (Å²) >= 11 is 3.44. The molecule has 0 atom stereocenters. The highest BCUT2D eigenvalue weighted by Gasteiger charge is 2.13. The number of carbonyl (C=O) groups excluding carboxylic acids is 1. The van der Waals surface area contributed by atoms with Crippen molar-refractivity contribution in [1.29, 1.82) is 0 Å². The summed E-state index contributed by atoms with van der Waals surface area (Å²) in [5.41, 5.74) is 3.55. The van der Waals surface area contributed by atoms with Gasteiger partial charge in [-0.05, 0) is 54.8 Å². The normalized spacial score (nSPS) is 10.8. The molecule has 112 valence electrons. The van der Waals surface area contributed by atoms with Gasteiger partial charge in [0.1, 0.15) is 0 Å². The van der Waals surface area contributed by atoms with Gasteiger partial charge in [0.15, 0.2) is 5.69 Å². The van der Waals surface area contributed by atoms with Crippen molar-refractivity contribution in [3.63, 3.8) is 0 Å². The molecule has 0 aliphatic heterocycles. The molecule has 0 saturated heterocycles.